The number of benzene rings is 1. The molecule has 0 atom stereocenters. The molecule has 0 bridgehead atoms. The van der Waals surface area contributed by atoms with Crippen LogP contribution in [0.1, 0.15) is 31.9 Å². The van der Waals surface area contributed by atoms with Gasteiger partial charge in [-0.3, -0.25) is 0 Å². The summed E-state index contributed by atoms with van der Waals surface area (Å²) in [6.07, 6.45) is 0. The van der Waals surface area contributed by atoms with E-state index in [2.05, 4.69) is 36.7 Å². The van der Waals surface area contributed by atoms with Gasteiger partial charge < -0.3 is 0 Å². The van der Waals surface area contributed by atoms with Crippen molar-refractivity contribution in [1.82, 2.24) is 0 Å². The summed E-state index contributed by atoms with van der Waals surface area (Å²) in [4.78, 5) is 0. The average Bonchev–Trinajstić information content (AvgIpc) is 2.17. The minimum atomic E-state index is -0.00541. The number of hydrogen-bond donors (Lipinski definition) is 0. The summed E-state index contributed by atoms with van der Waals surface area (Å²) < 4.78 is 0.887. The Morgan fingerprint density at radius 3 is 2.06 bits per heavy atom. The Labute approximate surface area is 123 Å². The number of nitriles is 2. The van der Waals surface area contributed by atoms with Gasteiger partial charge in [0.15, 0.2) is 0 Å². The molecule has 0 aliphatic carbocycles. The van der Waals surface area contributed by atoms with Gasteiger partial charge in [0.2, 0.25) is 0 Å². The molecule has 0 aromatic heterocycles. The van der Waals surface area contributed by atoms with Crippen LogP contribution in [0.15, 0.2) is 22.7 Å². The van der Waals surface area contributed by atoms with E-state index in [-0.39, 0.29) is 30.2 Å². The van der Waals surface area contributed by atoms with Crippen LogP contribution >= 0.6 is 15.9 Å². The fourth-order valence-corrected chi connectivity index (χ4v) is 1.81. The molecule has 0 unspecified atom stereocenters. The van der Waals surface area contributed by atoms with Gasteiger partial charge in [-0.25, -0.2) is 10.5 Å². The molecule has 1 rings (SSSR count). The number of rotatable bonds is 1. The minimum absolute atomic E-state index is 0. The average molecular weight is 283 g/mol. The molecule has 4 heteroatoms. The summed E-state index contributed by atoms with van der Waals surface area (Å²) in [7, 11) is 0. The van der Waals surface area contributed by atoms with E-state index >= 15 is 0 Å². The SMILES string of the molecule is CC(C)(C)c1cc(Br)cc([C-](C#N)C#N)c1.[Li+]. The van der Waals surface area contributed by atoms with Crippen molar-refractivity contribution >= 4 is 15.9 Å². The number of halogens is 1. The van der Waals surface area contributed by atoms with Gasteiger partial charge in [0.05, 0.1) is 0 Å². The van der Waals surface area contributed by atoms with Crippen molar-refractivity contribution in [2.45, 2.75) is 26.2 Å². The van der Waals surface area contributed by atoms with Gasteiger partial charge in [0.25, 0.3) is 0 Å². The van der Waals surface area contributed by atoms with E-state index in [9.17, 15) is 0 Å². The molecule has 2 nitrogen and oxygen atoms in total. The van der Waals surface area contributed by atoms with Crippen molar-refractivity contribution < 1.29 is 18.9 Å². The van der Waals surface area contributed by atoms with Crippen molar-refractivity contribution in [3.8, 4) is 12.1 Å². The Morgan fingerprint density at radius 1 is 1.12 bits per heavy atom. The van der Waals surface area contributed by atoms with Crippen LogP contribution in [-0.4, -0.2) is 0 Å². The van der Waals surface area contributed by atoms with Gasteiger partial charge in [0, 0.05) is 18.1 Å². The molecule has 0 saturated carbocycles. The molecule has 0 amide bonds. The topological polar surface area (TPSA) is 47.6 Å². The first kappa shape index (κ1) is 16.1. The third-order valence-electron chi connectivity index (χ3n) is 2.28. The summed E-state index contributed by atoms with van der Waals surface area (Å²) >= 11 is 3.40. The maximum absolute atomic E-state index is 8.84. The first-order valence-corrected chi connectivity index (χ1v) is 5.66. The van der Waals surface area contributed by atoms with E-state index in [1.54, 1.807) is 6.07 Å². The summed E-state index contributed by atoms with van der Waals surface area (Å²) in [5.74, 6) is 0.145. The summed E-state index contributed by atoms with van der Waals surface area (Å²) in [5.41, 5.74) is 1.76. The molecule has 0 spiro atoms. The van der Waals surface area contributed by atoms with Gasteiger partial charge in [-0.05, 0) is 9.89 Å². The Hall–Kier alpha value is -0.853. The van der Waals surface area contributed by atoms with Crippen molar-refractivity contribution in [1.29, 1.82) is 10.5 Å². The van der Waals surface area contributed by atoms with Crippen molar-refractivity contribution in [2.75, 3.05) is 0 Å². The standard InChI is InChI=1S/C13H12BrN2.Li/c1-13(2,3)11-4-9(5-12(14)6-11)10(7-15)8-16;/h4-6H,1-3H3;/q-1;+1. The molecule has 17 heavy (non-hydrogen) atoms. The predicted octanol–water partition coefficient (Wildman–Crippen LogP) is 0.720. The molecule has 0 heterocycles. The van der Waals surface area contributed by atoms with E-state index in [4.69, 9.17) is 10.5 Å². The molecule has 0 radical (unpaired) electrons. The van der Waals surface area contributed by atoms with Crippen LogP contribution in [-0.2, 0) is 5.41 Å². The smallest absolute Gasteiger partial charge is 0.207 e. The van der Waals surface area contributed by atoms with Gasteiger partial charge in [-0.15, -0.1) is 6.07 Å². The molecular weight excluding hydrogens is 271 g/mol. The van der Waals surface area contributed by atoms with E-state index in [0.29, 0.717) is 5.56 Å². The van der Waals surface area contributed by atoms with Gasteiger partial charge in [0.1, 0.15) is 0 Å². The van der Waals surface area contributed by atoms with Gasteiger partial charge in [-0.1, -0.05) is 48.3 Å². The van der Waals surface area contributed by atoms with E-state index in [1.807, 2.05) is 24.3 Å². The second-order valence-corrected chi connectivity index (χ2v) is 5.49. The van der Waals surface area contributed by atoms with Crippen LogP contribution in [0.25, 0.3) is 0 Å². The maximum Gasteiger partial charge on any atom is 1.00 e. The quantitative estimate of drug-likeness (QED) is 0.563. The zero-order valence-corrected chi connectivity index (χ0v) is 12.1. The van der Waals surface area contributed by atoms with Crippen LogP contribution < -0.4 is 18.9 Å². The number of nitrogens with zero attached hydrogens (tertiary/aromatic N) is 2. The van der Waals surface area contributed by atoms with Crippen LogP contribution in [0.4, 0.5) is 0 Å². The Morgan fingerprint density at radius 2 is 1.65 bits per heavy atom. The third-order valence-corrected chi connectivity index (χ3v) is 2.73. The van der Waals surface area contributed by atoms with Crippen LogP contribution in [0.2, 0.25) is 0 Å². The van der Waals surface area contributed by atoms with E-state index in [0.717, 1.165) is 10.0 Å². The van der Waals surface area contributed by atoms with E-state index < -0.39 is 0 Å². The van der Waals surface area contributed by atoms with Crippen molar-refractivity contribution in [3.05, 3.63) is 39.7 Å². The third kappa shape index (κ3) is 4.14. The van der Waals surface area contributed by atoms with Crippen LogP contribution in [0.3, 0.4) is 0 Å². The predicted molar refractivity (Wildman–Crippen MR) is 66.4 cm³/mol. The zero-order valence-electron chi connectivity index (χ0n) is 10.5. The fourth-order valence-electron chi connectivity index (χ4n) is 1.32. The summed E-state index contributed by atoms with van der Waals surface area (Å²) in [6.45, 7) is 6.28. The monoisotopic (exact) mass is 282 g/mol. The Bertz CT molecular complexity index is 464. The normalized spacial score (nSPS) is 9.76. The Kier molecular flexibility index (Phi) is 5.87. The molecule has 0 aliphatic heterocycles. The molecule has 0 fully saturated rings. The molecule has 1 aromatic carbocycles. The van der Waals surface area contributed by atoms with Gasteiger partial charge >= 0.3 is 18.9 Å². The molecule has 0 N–H and O–H groups in total. The van der Waals surface area contributed by atoms with Crippen molar-refractivity contribution in [3.63, 3.8) is 0 Å². The minimum Gasteiger partial charge on any atom is -0.207 e. The number of hydrogen-bond acceptors (Lipinski definition) is 2. The first-order chi connectivity index (χ1) is 7.38. The molecule has 1 aromatic rings. The van der Waals surface area contributed by atoms with Crippen molar-refractivity contribution in [2.24, 2.45) is 0 Å². The first-order valence-electron chi connectivity index (χ1n) is 4.87. The second-order valence-electron chi connectivity index (χ2n) is 4.58. The maximum atomic E-state index is 8.84. The Balaban J connectivity index is 0.00000256. The largest absolute Gasteiger partial charge is 1.00 e. The zero-order chi connectivity index (χ0) is 12.3. The molecule has 82 valence electrons. The summed E-state index contributed by atoms with van der Waals surface area (Å²) in [6, 6.07) is 9.51. The molecular formula is C13H12BrLiN2. The fraction of sp³-hybridized carbons (Fsp3) is 0.308. The molecule has 0 saturated heterocycles. The van der Waals surface area contributed by atoms with Crippen LogP contribution in [0.5, 0.6) is 0 Å². The van der Waals surface area contributed by atoms with E-state index in [1.165, 1.54) is 0 Å². The summed E-state index contributed by atoms with van der Waals surface area (Å²) in [5, 5.41) is 17.7. The second kappa shape index (κ2) is 6.18. The van der Waals surface area contributed by atoms with Gasteiger partial charge in [-0.2, -0.15) is 11.6 Å². The molecule has 0 aliphatic rings. The van der Waals surface area contributed by atoms with Crippen LogP contribution in [0, 0.1) is 28.6 Å².